The van der Waals surface area contributed by atoms with E-state index in [4.69, 9.17) is 21.4 Å². The van der Waals surface area contributed by atoms with Crippen LogP contribution in [0.4, 0.5) is 4.39 Å². The van der Waals surface area contributed by atoms with Gasteiger partial charge in [-0.05, 0) is 54.5 Å². The normalized spacial score (nSPS) is 19.7. The van der Waals surface area contributed by atoms with Gasteiger partial charge in [-0.2, -0.15) is 0 Å². The van der Waals surface area contributed by atoms with E-state index < -0.39 is 18.7 Å². The van der Waals surface area contributed by atoms with E-state index in [1.54, 1.807) is 23.1 Å². The molecule has 1 saturated heterocycles. The van der Waals surface area contributed by atoms with Gasteiger partial charge in [-0.25, -0.2) is 4.39 Å². The Labute approximate surface area is 197 Å². The summed E-state index contributed by atoms with van der Waals surface area (Å²) in [5, 5.41) is 9.56. The molecule has 3 heterocycles. The molecule has 2 atom stereocenters. The van der Waals surface area contributed by atoms with Gasteiger partial charge in [0.25, 0.3) is 5.91 Å². The molecule has 2 amide bonds. The standard InChI is InChI=1S/C24H27ClFN3O4/c1-14(15-5-7-28(8-6-15)21(31)13-30)16-9-19-22(20(26)10-16)24(33-2)29(23(19)32)12-18-4-3-17(25)11-27-18/h3-4,9-11,14-15,24,30H,5-8,12-13H2,1-2H3. The average molecular weight is 476 g/mol. The number of carbonyl (C=O) groups excluding carboxylic acids is 2. The molecular weight excluding hydrogens is 449 g/mol. The summed E-state index contributed by atoms with van der Waals surface area (Å²) < 4.78 is 20.8. The number of benzene rings is 1. The molecule has 7 nitrogen and oxygen atoms in total. The van der Waals surface area contributed by atoms with E-state index in [9.17, 15) is 9.59 Å². The van der Waals surface area contributed by atoms with Crippen LogP contribution in [0.15, 0.2) is 30.5 Å². The van der Waals surface area contributed by atoms with Crippen LogP contribution in [0.5, 0.6) is 0 Å². The lowest BCUT2D eigenvalue weighted by molar-refractivity contribution is -0.135. The number of hydrogen-bond donors (Lipinski definition) is 1. The number of pyridine rings is 1. The highest BCUT2D eigenvalue weighted by atomic mass is 35.5. The first-order chi connectivity index (χ1) is 15.8. The third-order valence-electron chi connectivity index (χ3n) is 6.78. The van der Waals surface area contributed by atoms with Gasteiger partial charge in [0.2, 0.25) is 5.91 Å². The average Bonchev–Trinajstić information content (AvgIpc) is 3.10. The van der Waals surface area contributed by atoms with Gasteiger partial charge in [0.15, 0.2) is 6.23 Å². The number of hydrogen-bond acceptors (Lipinski definition) is 5. The number of ether oxygens (including phenoxy) is 1. The number of halogens is 2. The van der Waals surface area contributed by atoms with Crippen LogP contribution < -0.4 is 0 Å². The maximum Gasteiger partial charge on any atom is 0.257 e. The fourth-order valence-electron chi connectivity index (χ4n) is 4.84. The Morgan fingerprint density at radius 1 is 1.33 bits per heavy atom. The third-order valence-corrected chi connectivity index (χ3v) is 7.00. The van der Waals surface area contributed by atoms with Crippen molar-refractivity contribution in [2.75, 3.05) is 26.8 Å². The third kappa shape index (κ3) is 4.60. The zero-order valence-corrected chi connectivity index (χ0v) is 19.4. The number of fused-ring (bicyclic) bond motifs is 1. The van der Waals surface area contributed by atoms with Gasteiger partial charge in [0, 0.05) is 32.0 Å². The highest BCUT2D eigenvalue weighted by Crippen LogP contribution is 2.40. The van der Waals surface area contributed by atoms with Crippen molar-refractivity contribution in [2.24, 2.45) is 5.92 Å². The molecule has 1 aromatic carbocycles. The minimum absolute atomic E-state index is 0.0111. The summed E-state index contributed by atoms with van der Waals surface area (Å²) in [6.07, 6.45) is 2.19. The Kier molecular flexibility index (Phi) is 6.97. The zero-order valence-electron chi connectivity index (χ0n) is 18.6. The Hall–Kier alpha value is -2.55. The van der Waals surface area contributed by atoms with E-state index in [1.165, 1.54) is 24.3 Å². The zero-order chi connectivity index (χ0) is 23.7. The molecule has 2 aliphatic heterocycles. The number of aliphatic hydroxyl groups excluding tert-OH is 1. The molecular formula is C24H27ClFN3O4. The van der Waals surface area contributed by atoms with Crippen LogP contribution in [0, 0.1) is 11.7 Å². The summed E-state index contributed by atoms with van der Waals surface area (Å²) >= 11 is 5.90. The lowest BCUT2D eigenvalue weighted by Crippen LogP contribution is -2.40. The summed E-state index contributed by atoms with van der Waals surface area (Å²) in [5.74, 6) is -0.777. The predicted molar refractivity (Wildman–Crippen MR) is 120 cm³/mol. The van der Waals surface area contributed by atoms with Crippen LogP contribution in [-0.4, -0.2) is 58.5 Å². The Balaban J connectivity index is 1.55. The van der Waals surface area contributed by atoms with E-state index in [0.717, 1.165) is 18.4 Å². The molecule has 2 unspecified atom stereocenters. The minimum atomic E-state index is -0.831. The van der Waals surface area contributed by atoms with Crippen LogP contribution >= 0.6 is 11.6 Å². The molecule has 1 aromatic heterocycles. The maximum atomic E-state index is 15.3. The molecule has 0 spiro atoms. The molecule has 176 valence electrons. The van der Waals surface area contributed by atoms with Crippen molar-refractivity contribution in [3.63, 3.8) is 0 Å². The molecule has 0 saturated carbocycles. The molecule has 0 radical (unpaired) electrons. The SMILES string of the molecule is COC1c2c(F)cc(C(C)C3CCN(C(=O)CO)CC3)cc2C(=O)N1Cc1ccc(Cl)cn1. The number of nitrogens with zero attached hydrogens (tertiary/aromatic N) is 3. The van der Waals surface area contributed by atoms with Gasteiger partial charge >= 0.3 is 0 Å². The van der Waals surface area contributed by atoms with Crippen molar-refractivity contribution < 1.29 is 23.8 Å². The summed E-state index contributed by atoms with van der Waals surface area (Å²) in [4.78, 5) is 32.3. The van der Waals surface area contributed by atoms with Crippen LogP contribution in [0.3, 0.4) is 0 Å². The van der Waals surface area contributed by atoms with Gasteiger partial charge in [0.1, 0.15) is 12.4 Å². The summed E-state index contributed by atoms with van der Waals surface area (Å²) in [6, 6.07) is 6.69. The van der Waals surface area contributed by atoms with E-state index in [1.807, 2.05) is 6.92 Å². The molecule has 4 rings (SSSR count). The number of carbonyl (C=O) groups is 2. The van der Waals surface area contributed by atoms with Crippen molar-refractivity contribution in [3.8, 4) is 0 Å². The van der Waals surface area contributed by atoms with E-state index in [-0.39, 0.29) is 35.8 Å². The molecule has 9 heteroatoms. The van der Waals surface area contributed by atoms with Gasteiger partial charge in [-0.15, -0.1) is 0 Å². The lowest BCUT2D eigenvalue weighted by Gasteiger charge is -2.35. The Bertz CT molecular complexity index is 1040. The lowest BCUT2D eigenvalue weighted by atomic mass is 9.80. The minimum Gasteiger partial charge on any atom is -0.387 e. The van der Waals surface area contributed by atoms with Crippen molar-refractivity contribution in [1.29, 1.82) is 0 Å². The number of amides is 2. The highest BCUT2D eigenvalue weighted by Gasteiger charge is 2.40. The van der Waals surface area contributed by atoms with Gasteiger partial charge in [0.05, 0.1) is 22.8 Å². The van der Waals surface area contributed by atoms with Crippen LogP contribution in [0.25, 0.3) is 0 Å². The number of rotatable bonds is 6. The van der Waals surface area contributed by atoms with E-state index in [0.29, 0.717) is 29.4 Å². The summed E-state index contributed by atoms with van der Waals surface area (Å²) in [5.41, 5.74) is 1.94. The quantitative estimate of drug-likeness (QED) is 0.691. The van der Waals surface area contributed by atoms with E-state index in [2.05, 4.69) is 4.98 Å². The smallest absolute Gasteiger partial charge is 0.257 e. The van der Waals surface area contributed by atoms with Crippen molar-refractivity contribution in [2.45, 2.75) is 38.5 Å². The van der Waals surface area contributed by atoms with Crippen LogP contribution in [0.2, 0.25) is 5.02 Å². The fourth-order valence-corrected chi connectivity index (χ4v) is 4.95. The largest absolute Gasteiger partial charge is 0.387 e. The second-order valence-electron chi connectivity index (χ2n) is 8.62. The van der Waals surface area contributed by atoms with Crippen LogP contribution in [0.1, 0.15) is 59.1 Å². The van der Waals surface area contributed by atoms with Crippen molar-refractivity contribution >= 4 is 23.4 Å². The first-order valence-electron chi connectivity index (χ1n) is 11.0. The molecule has 33 heavy (non-hydrogen) atoms. The molecule has 0 aliphatic carbocycles. The molecule has 2 aromatic rings. The number of likely N-dealkylation sites (tertiary alicyclic amines) is 1. The van der Waals surface area contributed by atoms with Crippen molar-refractivity contribution in [1.82, 2.24) is 14.8 Å². The fraction of sp³-hybridized carbons (Fsp3) is 0.458. The number of methoxy groups -OCH3 is 1. The number of aromatic nitrogens is 1. The number of aliphatic hydroxyl groups is 1. The Morgan fingerprint density at radius 2 is 2.06 bits per heavy atom. The first kappa shape index (κ1) is 23.6. The summed E-state index contributed by atoms with van der Waals surface area (Å²) in [6.45, 7) is 2.84. The summed E-state index contributed by atoms with van der Waals surface area (Å²) in [7, 11) is 1.45. The molecule has 1 fully saturated rings. The molecule has 2 aliphatic rings. The van der Waals surface area contributed by atoms with Gasteiger partial charge in [-0.3, -0.25) is 14.6 Å². The van der Waals surface area contributed by atoms with Crippen LogP contribution in [-0.2, 0) is 16.1 Å². The maximum absolute atomic E-state index is 15.3. The first-order valence-corrected chi connectivity index (χ1v) is 11.4. The predicted octanol–water partition coefficient (Wildman–Crippen LogP) is 3.51. The monoisotopic (exact) mass is 475 g/mol. The van der Waals surface area contributed by atoms with E-state index >= 15 is 4.39 Å². The highest BCUT2D eigenvalue weighted by molar-refractivity contribution is 6.30. The molecule has 0 bridgehead atoms. The van der Waals surface area contributed by atoms with Gasteiger partial charge in [-0.1, -0.05) is 18.5 Å². The van der Waals surface area contributed by atoms with Gasteiger partial charge < -0.3 is 19.6 Å². The second kappa shape index (κ2) is 9.75. The topological polar surface area (TPSA) is 83.0 Å². The number of piperidine rings is 1. The van der Waals surface area contributed by atoms with Crippen molar-refractivity contribution in [3.05, 3.63) is 63.7 Å². The second-order valence-corrected chi connectivity index (χ2v) is 9.05. The molecule has 1 N–H and O–H groups in total. The Morgan fingerprint density at radius 3 is 2.67 bits per heavy atom.